The first-order chi connectivity index (χ1) is 7.75. The number of carbonyl (C=O) groups excluding carboxylic acids is 1. The van der Waals surface area contributed by atoms with Crippen LogP contribution in [0.2, 0.25) is 0 Å². The van der Waals surface area contributed by atoms with Gasteiger partial charge >= 0.3 is 6.16 Å². The summed E-state index contributed by atoms with van der Waals surface area (Å²) in [4.78, 5) is 10.7. The SMILES string of the molecule is C[C@H](NC1COC(=O)OC1)c1ccccc1. The lowest BCUT2D eigenvalue weighted by Gasteiger charge is -2.26. The summed E-state index contributed by atoms with van der Waals surface area (Å²) in [5.41, 5.74) is 1.21. The molecular formula is C12H15NO3. The van der Waals surface area contributed by atoms with Gasteiger partial charge in [0.15, 0.2) is 0 Å². The molecule has 0 unspecified atom stereocenters. The van der Waals surface area contributed by atoms with Gasteiger partial charge in [-0.1, -0.05) is 30.3 Å². The maximum absolute atomic E-state index is 10.7. The molecule has 1 aromatic carbocycles. The molecule has 1 atom stereocenters. The van der Waals surface area contributed by atoms with Crippen molar-refractivity contribution >= 4 is 6.16 Å². The van der Waals surface area contributed by atoms with Crippen molar-refractivity contribution in [1.29, 1.82) is 0 Å². The van der Waals surface area contributed by atoms with Crippen molar-refractivity contribution < 1.29 is 14.3 Å². The molecule has 86 valence electrons. The monoisotopic (exact) mass is 221 g/mol. The molecule has 4 nitrogen and oxygen atoms in total. The molecule has 1 fully saturated rings. The Morgan fingerprint density at radius 2 is 1.88 bits per heavy atom. The maximum atomic E-state index is 10.7. The number of nitrogens with one attached hydrogen (secondary N) is 1. The van der Waals surface area contributed by atoms with E-state index in [1.165, 1.54) is 5.56 Å². The number of hydrogen-bond acceptors (Lipinski definition) is 4. The molecule has 1 aliphatic rings. The Balaban J connectivity index is 1.88. The fraction of sp³-hybridized carbons (Fsp3) is 0.417. The number of benzene rings is 1. The van der Waals surface area contributed by atoms with Crippen LogP contribution in [0.4, 0.5) is 4.79 Å². The number of ether oxygens (including phenoxy) is 2. The first kappa shape index (κ1) is 11.0. The minimum atomic E-state index is -0.578. The third-order valence-electron chi connectivity index (χ3n) is 2.59. The first-order valence-electron chi connectivity index (χ1n) is 5.36. The highest BCUT2D eigenvalue weighted by atomic mass is 16.7. The second kappa shape index (κ2) is 4.99. The molecule has 1 heterocycles. The van der Waals surface area contributed by atoms with Crippen molar-refractivity contribution in [2.75, 3.05) is 13.2 Å². The highest BCUT2D eigenvalue weighted by Crippen LogP contribution is 2.13. The lowest BCUT2D eigenvalue weighted by molar-refractivity contribution is -0.00114. The summed E-state index contributed by atoms with van der Waals surface area (Å²) in [6.45, 7) is 2.82. The summed E-state index contributed by atoms with van der Waals surface area (Å²) in [6, 6.07) is 10.4. The highest BCUT2D eigenvalue weighted by molar-refractivity contribution is 5.60. The largest absolute Gasteiger partial charge is 0.508 e. The van der Waals surface area contributed by atoms with Gasteiger partial charge in [0, 0.05) is 6.04 Å². The lowest BCUT2D eigenvalue weighted by atomic mass is 10.1. The van der Waals surface area contributed by atoms with E-state index >= 15 is 0 Å². The van der Waals surface area contributed by atoms with E-state index in [9.17, 15) is 4.79 Å². The van der Waals surface area contributed by atoms with Crippen LogP contribution >= 0.6 is 0 Å². The van der Waals surface area contributed by atoms with Gasteiger partial charge in [-0.3, -0.25) is 0 Å². The third kappa shape index (κ3) is 2.73. The zero-order chi connectivity index (χ0) is 11.4. The molecular weight excluding hydrogens is 206 g/mol. The van der Waals surface area contributed by atoms with Gasteiger partial charge in [0.25, 0.3) is 0 Å². The molecule has 0 bridgehead atoms. The van der Waals surface area contributed by atoms with Crippen molar-refractivity contribution in [2.24, 2.45) is 0 Å². The van der Waals surface area contributed by atoms with Gasteiger partial charge in [0.2, 0.25) is 0 Å². The lowest BCUT2D eigenvalue weighted by Crippen LogP contribution is -2.43. The van der Waals surface area contributed by atoms with Crippen LogP contribution in [-0.2, 0) is 9.47 Å². The summed E-state index contributed by atoms with van der Waals surface area (Å²) in [5, 5.41) is 3.35. The molecule has 0 saturated carbocycles. The zero-order valence-electron chi connectivity index (χ0n) is 9.18. The number of hydrogen-bond donors (Lipinski definition) is 1. The first-order valence-corrected chi connectivity index (χ1v) is 5.36. The van der Waals surface area contributed by atoms with E-state index in [1.807, 2.05) is 18.2 Å². The number of carbonyl (C=O) groups is 1. The van der Waals surface area contributed by atoms with E-state index in [-0.39, 0.29) is 12.1 Å². The quantitative estimate of drug-likeness (QED) is 0.791. The summed E-state index contributed by atoms with van der Waals surface area (Å²) in [6.07, 6.45) is -0.578. The maximum Gasteiger partial charge on any atom is 0.508 e. The van der Waals surface area contributed by atoms with Crippen molar-refractivity contribution in [2.45, 2.75) is 19.0 Å². The summed E-state index contributed by atoms with van der Waals surface area (Å²) in [7, 11) is 0. The van der Waals surface area contributed by atoms with Crippen LogP contribution in [0.15, 0.2) is 30.3 Å². The molecule has 2 rings (SSSR count). The average Bonchev–Trinajstić information content (AvgIpc) is 2.33. The van der Waals surface area contributed by atoms with E-state index in [1.54, 1.807) is 0 Å². The Morgan fingerprint density at radius 3 is 2.50 bits per heavy atom. The van der Waals surface area contributed by atoms with Crippen molar-refractivity contribution in [3.05, 3.63) is 35.9 Å². The van der Waals surface area contributed by atoms with Crippen molar-refractivity contribution in [3.63, 3.8) is 0 Å². The fourth-order valence-electron chi connectivity index (χ4n) is 1.71. The molecule has 0 radical (unpaired) electrons. The Hall–Kier alpha value is -1.55. The van der Waals surface area contributed by atoms with Crippen LogP contribution in [-0.4, -0.2) is 25.4 Å². The average molecular weight is 221 g/mol. The van der Waals surface area contributed by atoms with Gasteiger partial charge < -0.3 is 14.8 Å². The minimum absolute atomic E-state index is 0.0629. The molecule has 0 aliphatic carbocycles. The van der Waals surface area contributed by atoms with E-state index < -0.39 is 6.16 Å². The van der Waals surface area contributed by atoms with Crippen LogP contribution in [0.3, 0.4) is 0 Å². The zero-order valence-corrected chi connectivity index (χ0v) is 9.18. The smallest absolute Gasteiger partial charge is 0.432 e. The van der Waals surface area contributed by atoms with Crippen LogP contribution < -0.4 is 5.32 Å². The van der Waals surface area contributed by atoms with Gasteiger partial charge in [-0.2, -0.15) is 0 Å². The summed E-state index contributed by atoms with van der Waals surface area (Å²) in [5.74, 6) is 0. The second-order valence-electron chi connectivity index (χ2n) is 3.87. The molecule has 0 amide bonds. The molecule has 16 heavy (non-hydrogen) atoms. The predicted molar refractivity (Wildman–Crippen MR) is 59.1 cm³/mol. The van der Waals surface area contributed by atoms with E-state index in [2.05, 4.69) is 24.4 Å². The molecule has 1 N–H and O–H groups in total. The van der Waals surface area contributed by atoms with Gasteiger partial charge in [0.05, 0.1) is 6.04 Å². The summed E-state index contributed by atoms with van der Waals surface area (Å²) < 4.78 is 9.61. The van der Waals surface area contributed by atoms with E-state index in [0.29, 0.717) is 13.2 Å². The van der Waals surface area contributed by atoms with Gasteiger partial charge in [-0.15, -0.1) is 0 Å². The Morgan fingerprint density at radius 1 is 1.25 bits per heavy atom. The molecule has 1 aliphatic heterocycles. The number of rotatable bonds is 3. The molecule has 0 aromatic heterocycles. The van der Waals surface area contributed by atoms with Gasteiger partial charge in [0.1, 0.15) is 13.2 Å². The van der Waals surface area contributed by atoms with E-state index in [0.717, 1.165) is 0 Å². The topological polar surface area (TPSA) is 47.6 Å². The highest BCUT2D eigenvalue weighted by Gasteiger charge is 2.22. The third-order valence-corrected chi connectivity index (χ3v) is 2.59. The molecule has 1 aromatic rings. The van der Waals surface area contributed by atoms with Crippen LogP contribution in [0.1, 0.15) is 18.5 Å². The number of cyclic esters (lactones) is 2. The molecule has 1 saturated heterocycles. The molecule has 0 spiro atoms. The van der Waals surface area contributed by atoms with Crippen molar-refractivity contribution in [1.82, 2.24) is 5.32 Å². The van der Waals surface area contributed by atoms with Crippen LogP contribution in [0.5, 0.6) is 0 Å². The van der Waals surface area contributed by atoms with Gasteiger partial charge in [-0.05, 0) is 12.5 Å². The fourth-order valence-corrected chi connectivity index (χ4v) is 1.71. The minimum Gasteiger partial charge on any atom is -0.432 e. The van der Waals surface area contributed by atoms with E-state index in [4.69, 9.17) is 9.47 Å². The standard InChI is InChI=1S/C12H15NO3/c1-9(10-5-3-2-4-6-10)13-11-7-15-12(14)16-8-11/h2-6,9,11,13H,7-8H2,1H3/t9-/m0/s1. The normalized spacial score (nSPS) is 18.7. The van der Waals surface area contributed by atoms with Crippen molar-refractivity contribution in [3.8, 4) is 0 Å². The Bertz CT molecular complexity index is 343. The molecule has 4 heteroatoms. The summed E-state index contributed by atoms with van der Waals surface area (Å²) >= 11 is 0. The Labute approximate surface area is 94.6 Å². The second-order valence-corrected chi connectivity index (χ2v) is 3.87. The van der Waals surface area contributed by atoms with Gasteiger partial charge in [-0.25, -0.2) is 4.79 Å². The van der Waals surface area contributed by atoms with Crippen LogP contribution in [0.25, 0.3) is 0 Å². The predicted octanol–water partition coefficient (Wildman–Crippen LogP) is 1.87. The van der Waals surface area contributed by atoms with Crippen LogP contribution in [0, 0.1) is 0 Å². The Kier molecular flexibility index (Phi) is 3.41.